The highest BCUT2D eigenvalue weighted by Crippen LogP contribution is 2.30. The Kier molecular flexibility index (Phi) is 7.28. The van der Waals surface area contributed by atoms with Crippen LogP contribution >= 0.6 is 0 Å². The number of amides is 2. The third kappa shape index (κ3) is 5.57. The lowest BCUT2D eigenvalue weighted by molar-refractivity contribution is -0.138. The van der Waals surface area contributed by atoms with Crippen molar-refractivity contribution in [3.8, 4) is 5.69 Å². The predicted octanol–water partition coefficient (Wildman–Crippen LogP) is 3.81. The Balaban J connectivity index is 1.50. The minimum Gasteiger partial charge on any atom is -0.342 e. The average Bonchev–Trinajstić information content (AvgIpc) is 3.13. The van der Waals surface area contributed by atoms with Crippen LogP contribution in [-0.4, -0.2) is 57.6 Å². The molecule has 0 aliphatic carbocycles. The first-order chi connectivity index (χ1) is 16.6. The standard InChI is InChI=1S/C25H29F3N4O3/c1-17-15-21(33)22(29-32(17)20-8-6-7-19(16-20)25(26,27)28)24(35)31-13-9-18(10-14-31)23(34)30-11-4-2-3-5-12-30/h6-8,15-16,18H,2-5,9-14H2,1H3. The second-order valence-electron chi connectivity index (χ2n) is 9.26. The molecule has 1 aromatic heterocycles. The summed E-state index contributed by atoms with van der Waals surface area (Å²) in [6.07, 6.45) is 0.789. The van der Waals surface area contributed by atoms with Crippen LogP contribution in [-0.2, 0) is 11.0 Å². The molecule has 1 aromatic carbocycles. The van der Waals surface area contributed by atoms with Gasteiger partial charge in [0.25, 0.3) is 5.91 Å². The van der Waals surface area contributed by atoms with Crippen molar-refractivity contribution in [2.45, 2.75) is 51.6 Å². The third-order valence-electron chi connectivity index (χ3n) is 6.78. The van der Waals surface area contributed by atoms with Crippen LogP contribution in [0.3, 0.4) is 0 Å². The number of rotatable bonds is 3. The number of hydrogen-bond donors (Lipinski definition) is 0. The number of aromatic nitrogens is 2. The number of alkyl halides is 3. The Bertz CT molecular complexity index is 1150. The zero-order valence-electron chi connectivity index (χ0n) is 19.7. The zero-order valence-corrected chi connectivity index (χ0v) is 19.7. The molecule has 188 valence electrons. The van der Waals surface area contributed by atoms with Crippen molar-refractivity contribution >= 4 is 11.8 Å². The van der Waals surface area contributed by atoms with Gasteiger partial charge in [-0.2, -0.15) is 18.3 Å². The van der Waals surface area contributed by atoms with Gasteiger partial charge in [-0.3, -0.25) is 14.4 Å². The Morgan fingerprint density at radius 1 is 0.943 bits per heavy atom. The van der Waals surface area contributed by atoms with E-state index in [1.165, 1.54) is 27.8 Å². The summed E-state index contributed by atoms with van der Waals surface area (Å²) in [6.45, 7) is 3.74. The van der Waals surface area contributed by atoms with Crippen LogP contribution in [0.5, 0.6) is 0 Å². The molecule has 2 aromatic rings. The molecule has 0 spiro atoms. The molecule has 3 heterocycles. The quantitative estimate of drug-likeness (QED) is 0.656. The fourth-order valence-corrected chi connectivity index (χ4v) is 4.80. The van der Waals surface area contributed by atoms with Gasteiger partial charge in [0.2, 0.25) is 11.3 Å². The second kappa shape index (κ2) is 10.2. The Labute approximate surface area is 201 Å². The third-order valence-corrected chi connectivity index (χ3v) is 6.78. The number of likely N-dealkylation sites (tertiary alicyclic amines) is 2. The normalized spacial score (nSPS) is 17.8. The van der Waals surface area contributed by atoms with Gasteiger partial charge in [0, 0.05) is 43.9 Å². The topological polar surface area (TPSA) is 75.5 Å². The molecule has 0 bridgehead atoms. The fraction of sp³-hybridized carbons (Fsp3) is 0.520. The van der Waals surface area contributed by atoms with Crippen molar-refractivity contribution in [1.82, 2.24) is 19.6 Å². The highest BCUT2D eigenvalue weighted by Gasteiger charge is 2.33. The van der Waals surface area contributed by atoms with E-state index in [1.54, 1.807) is 6.92 Å². The molecule has 2 aliphatic heterocycles. The molecular weight excluding hydrogens is 461 g/mol. The summed E-state index contributed by atoms with van der Waals surface area (Å²) in [6, 6.07) is 5.78. The molecule has 4 rings (SSSR count). The highest BCUT2D eigenvalue weighted by atomic mass is 19.4. The lowest BCUT2D eigenvalue weighted by Gasteiger charge is -2.33. The largest absolute Gasteiger partial charge is 0.416 e. The first-order valence-corrected chi connectivity index (χ1v) is 12.0. The van der Waals surface area contributed by atoms with Crippen molar-refractivity contribution in [1.29, 1.82) is 0 Å². The summed E-state index contributed by atoms with van der Waals surface area (Å²) in [7, 11) is 0. The van der Waals surface area contributed by atoms with Gasteiger partial charge in [-0.1, -0.05) is 18.9 Å². The van der Waals surface area contributed by atoms with Crippen molar-refractivity contribution < 1.29 is 22.8 Å². The summed E-state index contributed by atoms with van der Waals surface area (Å²) in [4.78, 5) is 42.1. The smallest absolute Gasteiger partial charge is 0.342 e. The van der Waals surface area contributed by atoms with Gasteiger partial charge in [-0.05, 0) is 50.8 Å². The van der Waals surface area contributed by atoms with E-state index in [1.807, 2.05) is 4.90 Å². The maximum Gasteiger partial charge on any atom is 0.416 e. The zero-order chi connectivity index (χ0) is 25.2. The monoisotopic (exact) mass is 490 g/mol. The number of benzene rings is 1. The van der Waals surface area contributed by atoms with Crippen molar-refractivity contribution in [2.75, 3.05) is 26.2 Å². The van der Waals surface area contributed by atoms with Crippen LogP contribution in [0, 0.1) is 12.8 Å². The summed E-state index contributed by atoms with van der Waals surface area (Å²) in [5.74, 6) is -0.583. The molecule has 2 amide bonds. The van der Waals surface area contributed by atoms with E-state index in [9.17, 15) is 27.6 Å². The average molecular weight is 491 g/mol. The van der Waals surface area contributed by atoms with Crippen molar-refractivity contribution in [2.24, 2.45) is 5.92 Å². The SMILES string of the molecule is Cc1cc(=O)c(C(=O)N2CCC(C(=O)N3CCCCCC3)CC2)nn1-c1cccc(C(F)(F)F)c1. The Morgan fingerprint density at radius 3 is 2.23 bits per heavy atom. The number of piperidine rings is 1. The molecule has 0 N–H and O–H groups in total. The van der Waals surface area contributed by atoms with E-state index in [-0.39, 0.29) is 23.2 Å². The fourth-order valence-electron chi connectivity index (χ4n) is 4.80. The van der Waals surface area contributed by atoms with Crippen molar-refractivity contribution in [3.63, 3.8) is 0 Å². The van der Waals surface area contributed by atoms with E-state index in [2.05, 4.69) is 5.10 Å². The summed E-state index contributed by atoms with van der Waals surface area (Å²) < 4.78 is 40.7. The maximum atomic E-state index is 13.2. The van der Waals surface area contributed by atoms with E-state index in [0.717, 1.165) is 50.9 Å². The number of carbonyl (C=O) groups excluding carboxylic acids is 2. The first kappa shape index (κ1) is 24.9. The molecule has 2 fully saturated rings. The van der Waals surface area contributed by atoms with Gasteiger partial charge in [0.15, 0.2) is 5.69 Å². The summed E-state index contributed by atoms with van der Waals surface area (Å²) in [5, 5.41) is 4.15. The molecule has 10 heteroatoms. The molecule has 0 atom stereocenters. The van der Waals surface area contributed by atoms with Crippen LogP contribution in [0.4, 0.5) is 13.2 Å². The van der Waals surface area contributed by atoms with Gasteiger partial charge in [0.05, 0.1) is 11.3 Å². The second-order valence-corrected chi connectivity index (χ2v) is 9.26. The van der Waals surface area contributed by atoms with Crippen LogP contribution in [0.15, 0.2) is 35.1 Å². The summed E-state index contributed by atoms with van der Waals surface area (Å²) >= 11 is 0. The van der Waals surface area contributed by atoms with E-state index >= 15 is 0 Å². The van der Waals surface area contributed by atoms with Crippen molar-refractivity contribution in [3.05, 3.63) is 57.5 Å². The van der Waals surface area contributed by atoms with Gasteiger partial charge in [-0.25, -0.2) is 4.68 Å². The van der Waals surface area contributed by atoms with Gasteiger partial charge in [0.1, 0.15) is 0 Å². The molecule has 35 heavy (non-hydrogen) atoms. The molecule has 7 nitrogen and oxygen atoms in total. The van der Waals surface area contributed by atoms with Gasteiger partial charge in [-0.15, -0.1) is 0 Å². The molecule has 2 aliphatic rings. The number of hydrogen-bond acceptors (Lipinski definition) is 4. The van der Waals surface area contributed by atoms with Crippen LogP contribution in [0.2, 0.25) is 0 Å². The van der Waals surface area contributed by atoms with Gasteiger partial charge >= 0.3 is 6.18 Å². The molecule has 0 saturated carbocycles. The number of aryl methyl sites for hydroxylation is 1. The minimum absolute atomic E-state index is 0.105. The molecule has 0 unspecified atom stereocenters. The van der Waals surface area contributed by atoms with E-state index in [4.69, 9.17) is 0 Å². The van der Waals surface area contributed by atoms with Crippen LogP contribution in [0.1, 0.15) is 60.3 Å². The highest BCUT2D eigenvalue weighted by molar-refractivity contribution is 5.92. The Hall–Kier alpha value is -3.17. The molecule has 0 radical (unpaired) electrons. The summed E-state index contributed by atoms with van der Waals surface area (Å²) in [5.41, 5.74) is -1.36. The van der Waals surface area contributed by atoms with E-state index < -0.39 is 23.1 Å². The Morgan fingerprint density at radius 2 is 1.60 bits per heavy atom. The van der Waals surface area contributed by atoms with Crippen LogP contribution < -0.4 is 5.43 Å². The first-order valence-electron chi connectivity index (χ1n) is 12.0. The lowest BCUT2D eigenvalue weighted by atomic mass is 9.95. The van der Waals surface area contributed by atoms with E-state index in [0.29, 0.717) is 31.6 Å². The van der Waals surface area contributed by atoms with Crippen LogP contribution in [0.25, 0.3) is 5.69 Å². The lowest BCUT2D eigenvalue weighted by Crippen LogP contribution is -2.45. The maximum absolute atomic E-state index is 13.2. The number of nitrogens with zero attached hydrogens (tertiary/aromatic N) is 4. The number of halogens is 3. The molecular formula is C25H29F3N4O3. The minimum atomic E-state index is -4.53. The predicted molar refractivity (Wildman–Crippen MR) is 123 cm³/mol. The van der Waals surface area contributed by atoms with Gasteiger partial charge < -0.3 is 9.80 Å². The number of carbonyl (C=O) groups is 2. The molecule has 2 saturated heterocycles.